The van der Waals surface area contributed by atoms with Gasteiger partial charge in [-0.25, -0.2) is 13.9 Å². The lowest BCUT2D eigenvalue weighted by atomic mass is 10.1. The maximum Gasteiger partial charge on any atom is 0.282 e. The van der Waals surface area contributed by atoms with E-state index in [9.17, 15) is 8.78 Å². The van der Waals surface area contributed by atoms with Crippen molar-refractivity contribution in [1.29, 1.82) is 0 Å². The van der Waals surface area contributed by atoms with E-state index in [-0.39, 0.29) is 16.7 Å². The van der Waals surface area contributed by atoms with Crippen LogP contribution in [0, 0.1) is 0 Å². The van der Waals surface area contributed by atoms with Gasteiger partial charge in [-0.2, -0.15) is 4.98 Å². The standard InChI is InChI=1S/C10H10F2N4S/c11-10(12,7-4-2-1-3-5-7)6-17-9-14-8(13)15-16-9/h1-5H,6H2,(H3,13,14,15,16). The number of nitrogens with two attached hydrogens (primary N) is 1. The van der Waals surface area contributed by atoms with Gasteiger partial charge in [0.1, 0.15) is 0 Å². The molecule has 0 unspecified atom stereocenters. The van der Waals surface area contributed by atoms with Gasteiger partial charge in [0.15, 0.2) is 0 Å². The number of H-pyrrole nitrogens is 1. The van der Waals surface area contributed by atoms with Crippen molar-refractivity contribution in [3.05, 3.63) is 35.9 Å². The Balaban J connectivity index is 2.03. The summed E-state index contributed by atoms with van der Waals surface area (Å²) in [5, 5.41) is 6.30. The number of nitrogen functional groups attached to an aromatic ring is 1. The second-order valence-electron chi connectivity index (χ2n) is 3.36. The predicted octanol–water partition coefficient (Wildman–Crippen LogP) is 2.27. The van der Waals surface area contributed by atoms with Crippen LogP contribution in [0.1, 0.15) is 5.56 Å². The zero-order valence-electron chi connectivity index (χ0n) is 8.73. The molecule has 90 valence electrons. The minimum atomic E-state index is -2.92. The molecule has 17 heavy (non-hydrogen) atoms. The highest BCUT2D eigenvalue weighted by Gasteiger charge is 2.31. The van der Waals surface area contributed by atoms with Crippen molar-refractivity contribution >= 4 is 17.7 Å². The summed E-state index contributed by atoms with van der Waals surface area (Å²) in [6.07, 6.45) is 0. The molecule has 0 amide bonds. The van der Waals surface area contributed by atoms with Crippen molar-refractivity contribution in [3.8, 4) is 0 Å². The highest BCUT2D eigenvalue weighted by molar-refractivity contribution is 7.99. The molecule has 2 rings (SSSR count). The van der Waals surface area contributed by atoms with Gasteiger partial charge in [-0.3, -0.25) is 0 Å². The van der Waals surface area contributed by atoms with Crippen LogP contribution < -0.4 is 5.73 Å². The number of hydrogen-bond acceptors (Lipinski definition) is 4. The number of nitrogens with zero attached hydrogens (tertiary/aromatic N) is 2. The van der Waals surface area contributed by atoms with Crippen molar-refractivity contribution in [2.75, 3.05) is 11.5 Å². The lowest BCUT2D eigenvalue weighted by Crippen LogP contribution is -2.16. The Bertz CT molecular complexity index is 486. The molecule has 0 aliphatic heterocycles. The van der Waals surface area contributed by atoms with Crippen LogP contribution in [0.15, 0.2) is 35.5 Å². The Morgan fingerprint density at radius 2 is 2.00 bits per heavy atom. The van der Waals surface area contributed by atoms with Crippen molar-refractivity contribution in [2.24, 2.45) is 0 Å². The second-order valence-corrected chi connectivity index (χ2v) is 4.30. The van der Waals surface area contributed by atoms with Crippen LogP contribution in [0.25, 0.3) is 0 Å². The van der Waals surface area contributed by atoms with E-state index < -0.39 is 11.7 Å². The third-order valence-corrected chi connectivity index (χ3v) is 3.01. The first-order valence-electron chi connectivity index (χ1n) is 4.82. The second kappa shape index (κ2) is 4.70. The number of benzene rings is 1. The molecule has 0 aliphatic rings. The number of aromatic nitrogens is 3. The molecule has 7 heteroatoms. The lowest BCUT2D eigenvalue weighted by molar-refractivity contribution is 0.0231. The summed E-state index contributed by atoms with van der Waals surface area (Å²) < 4.78 is 27.5. The van der Waals surface area contributed by atoms with Crippen LogP contribution in [-0.4, -0.2) is 20.9 Å². The molecule has 0 spiro atoms. The number of alkyl halides is 2. The summed E-state index contributed by atoms with van der Waals surface area (Å²) in [6, 6.07) is 7.65. The van der Waals surface area contributed by atoms with Crippen LogP contribution >= 0.6 is 11.8 Å². The predicted molar refractivity (Wildman–Crippen MR) is 61.9 cm³/mol. The normalized spacial score (nSPS) is 11.6. The van der Waals surface area contributed by atoms with Crippen LogP contribution in [0.3, 0.4) is 0 Å². The highest BCUT2D eigenvalue weighted by Crippen LogP contribution is 2.33. The minimum Gasteiger partial charge on any atom is -0.368 e. The maximum atomic E-state index is 13.7. The Morgan fingerprint density at radius 1 is 1.29 bits per heavy atom. The smallest absolute Gasteiger partial charge is 0.282 e. The van der Waals surface area contributed by atoms with E-state index in [4.69, 9.17) is 5.73 Å². The third-order valence-electron chi connectivity index (χ3n) is 2.06. The van der Waals surface area contributed by atoms with Gasteiger partial charge >= 0.3 is 0 Å². The average molecular weight is 256 g/mol. The largest absolute Gasteiger partial charge is 0.368 e. The summed E-state index contributed by atoms with van der Waals surface area (Å²) in [4.78, 5) is 3.75. The molecular formula is C10H10F2N4S. The van der Waals surface area contributed by atoms with Crippen molar-refractivity contribution in [2.45, 2.75) is 11.1 Å². The first kappa shape index (κ1) is 11.8. The van der Waals surface area contributed by atoms with Gasteiger partial charge in [-0.1, -0.05) is 42.1 Å². The number of hydrogen-bond donors (Lipinski definition) is 2. The van der Waals surface area contributed by atoms with Crippen LogP contribution in [0.2, 0.25) is 0 Å². The minimum absolute atomic E-state index is 0.0176. The van der Waals surface area contributed by atoms with E-state index in [2.05, 4.69) is 15.2 Å². The number of thioether (sulfide) groups is 1. The first-order valence-corrected chi connectivity index (χ1v) is 5.80. The molecule has 1 aromatic carbocycles. The van der Waals surface area contributed by atoms with Gasteiger partial charge in [0.05, 0.1) is 5.75 Å². The summed E-state index contributed by atoms with van der Waals surface area (Å²) in [5.74, 6) is -3.22. The van der Waals surface area contributed by atoms with Crippen molar-refractivity contribution in [1.82, 2.24) is 15.2 Å². The van der Waals surface area contributed by atoms with Gasteiger partial charge in [0, 0.05) is 5.56 Å². The molecule has 1 heterocycles. The van der Waals surface area contributed by atoms with Gasteiger partial charge in [0.2, 0.25) is 11.1 Å². The SMILES string of the molecule is Nc1nc(SCC(F)(F)c2ccccc2)n[nH]1. The van der Waals surface area contributed by atoms with Gasteiger partial charge in [-0.05, 0) is 0 Å². The maximum absolute atomic E-state index is 13.7. The number of anilines is 1. The first-order chi connectivity index (χ1) is 8.08. The van der Waals surface area contributed by atoms with Gasteiger partial charge in [-0.15, -0.1) is 5.10 Å². The zero-order chi connectivity index (χ0) is 12.3. The Labute approximate surface area is 101 Å². The molecule has 2 aromatic rings. The van der Waals surface area contributed by atoms with Crippen LogP contribution in [0.4, 0.5) is 14.7 Å². The van der Waals surface area contributed by atoms with E-state index in [0.29, 0.717) is 0 Å². The molecule has 0 atom stereocenters. The number of rotatable bonds is 4. The van der Waals surface area contributed by atoms with E-state index in [0.717, 1.165) is 11.8 Å². The molecule has 0 radical (unpaired) electrons. The van der Waals surface area contributed by atoms with E-state index >= 15 is 0 Å². The monoisotopic (exact) mass is 256 g/mol. The fourth-order valence-corrected chi connectivity index (χ4v) is 1.99. The fraction of sp³-hybridized carbons (Fsp3) is 0.200. The number of nitrogens with one attached hydrogen (secondary N) is 1. The molecule has 0 aliphatic carbocycles. The molecule has 0 saturated carbocycles. The molecule has 3 N–H and O–H groups in total. The summed E-state index contributed by atoms with van der Waals surface area (Å²) >= 11 is 0.860. The van der Waals surface area contributed by atoms with Gasteiger partial charge in [0.25, 0.3) is 5.92 Å². The zero-order valence-corrected chi connectivity index (χ0v) is 9.55. The summed E-state index contributed by atoms with van der Waals surface area (Å²) in [5.41, 5.74) is 5.28. The average Bonchev–Trinajstić information content (AvgIpc) is 2.74. The summed E-state index contributed by atoms with van der Waals surface area (Å²) in [6.45, 7) is 0. The lowest BCUT2D eigenvalue weighted by Gasteiger charge is -2.14. The quantitative estimate of drug-likeness (QED) is 0.823. The van der Waals surface area contributed by atoms with Crippen LogP contribution in [-0.2, 0) is 5.92 Å². The molecule has 4 nitrogen and oxygen atoms in total. The molecule has 1 aromatic heterocycles. The Morgan fingerprint density at radius 3 is 2.59 bits per heavy atom. The third kappa shape index (κ3) is 2.94. The van der Waals surface area contributed by atoms with E-state index in [1.54, 1.807) is 18.2 Å². The Hall–Kier alpha value is -1.63. The highest BCUT2D eigenvalue weighted by atomic mass is 32.2. The number of aromatic amines is 1. The summed E-state index contributed by atoms with van der Waals surface area (Å²) in [7, 11) is 0. The molecule has 0 saturated heterocycles. The molecular weight excluding hydrogens is 246 g/mol. The Kier molecular flexibility index (Phi) is 3.28. The number of halogens is 2. The van der Waals surface area contributed by atoms with E-state index in [1.165, 1.54) is 12.1 Å². The topological polar surface area (TPSA) is 67.6 Å². The molecule has 0 fully saturated rings. The molecule has 0 bridgehead atoms. The van der Waals surface area contributed by atoms with Crippen molar-refractivity contribution < 1.29 is 8.78 Å². The fourth-order valence-electron chi connectivity index (χ4n) is 1.24. The van der Waals surface area contributed by atoms with Crippen molar-refractivity contribution in [3.63, 3.8) is 0 Å². The van der Waals surface area contributed by atoms with Gasteiger partial charge < -0.3 is 5.73 Å². The van der Waals surface area contributed by atoms with Crippen LogP contribution in [0.5, 0.6) is 0 Å². The van der Waals surface area contributed by atoms with E-state index in [1.807, 2.05) is 0 Å².